The first-order valence-electron chi connectivity index (χ1n) is 1.92. The predicted molar refractivity (Wildman–Crippen MR) is 29.1 cm³/mol. The van der Waals surface area contributed by atoms with Crippen LogP contribution in [0.3, 0.4) is 0 Å². The van der Waals surface area contributed by atoms with Gasteiger partial charge in [-0.05, 0) is 6.16 Å². The first-order valence-corrected chi connectivity index (χ1v) is 2.73. The monoisotopic (exact) mass is 121 g/mol. The number of hydroxylamine groups is 2. The highest BCUT2D eigenvalue weighted by molar-refractivity contribution is 7.16. The van der Waals surface area contributed by atoms with Gasteiger partial charge >= 0.3 is 0 Å². The van der Waals surface area contributed by atoms with E-state index in [0.29, 0.717) is 24.2 Å². The maximum atomic E-state index is 9.56. The summed E-state index contributed by atoms with van der Waals surface area (Å²) in [4.78, 5) is 9.56. The largest absolute Gasteiger partial charge is 0.286 e. The third kappa shape index (κ3) is 3.70. The van der Waals surface area contributed by atoms with Crippen molar-refractivity contribution in [3.8, 4) is 0 Å². The van der Waals surface area contributed by atoms with Crippen LogP contribution in [0.25, 0.3) is 0 Å². The van der Waals surface area contributed by atoms with E-state index in [-0.39, 0.29) is 0 Å². The second-order valence-corrected chi connectivity index (χ2v) is 1.63. The van der Waals surface area contributed by atoms with Crippen molar-refractivity contribution < 1.29 is 10.0 Å². The van der Waals surface area contributed by atoms with E-state index < -0.39 is 0 Å². The van der Waals surface area contributed by atoms with E-state index in [2.05, 4.69) is 9.24 Å². The third-order valence-electron chi connectivity index (χ3n) is 0.480. The van der Waals surface area contributed by atoms with Crippen LogP contribution < -0.4 is 0 Å². The predicted octanol–water partition coefficient (Wildman–Crippen LogP) is -0.291. The minimum Gasteiger partial charge on any atom is -0.286 e. The van der Waals surface area contributed by atoms with Gasteiger partial charge in [-0.1, -0.05) is 0 Å². The summed E-state index contributed by atoms with van der Waals surface area (Å²) >= 11 is 0. The van der Waals surface area contributed by atoms with Gasteiger partial charge in [0.05, 0.1) is 6.54 Å². The number of hydrogen-bond acceptors (Lipinski definition) is 2. The molecule has 4 heteroatoms. The molecule has 0 aliphatic rings. The van der Waals surface area contributed by atoms with E-state index >= 15 is 0 Å². The van der Waals surface area contributed by atoms with Crippen molar-refractivity contribution in [3.05, 3.63) is 0 Å². The molecule has 0 aliphatic heterocycles. The summed E-state index contributed by atoms with van der Waals surface area (Å²) in [5.74, 6) is 0. The molecule has 1 atom stereocenters. The van der Waals surface area contributed by atoms with Crippen molar-refractivity contribution in [2.75, 3.05) is 12.7 Å². The smallest absolute Gasteiger partial charge is 0.233 e. The maximum Gasteiger partial charge on any atom is 0.233 e. The highest BCUT2D eigenvalue weighted by atomic mass is 31.0. The van der Waals surface area contributed by atoms with Gasteiger partial charge in [0.1, 0.15) is 0 Å². The van der Waals surface area contributed by atoms with E-state index in [1.165, 1.54) is 0 Å². The molecular weight excluding hydrogens is 113 g/mol. The van der Waals surface area contributed by atoms with Gasteiger partial charge in [0.25, 0.3) is 0 Å². The molecule has 0 aliphatic carbocycles. The van der Waals surface area contributed by atoms with Gasteiger partial charge in [0, 0.05) is 0 Å². The first kappa shape index (κ1) is 6.86. The van der Waals surface area contributed by atoms with Crippen LogP contribution >= 0.6 is 9.24 Å². The molecule has 0 radical (unpaired) electrons. The molecule has 0 rings (SSSR count). The Kier molecular flexibility index (Phi) is 3.95. The zero-order valence-corrected chi connectivity index (χ0v) is 5.03. The summed E-state index contributed by atoms with van der Waals surface area (Å²) in [7, 11) is 2.39. The lowest BCUT2D eigenvalue weighted by atomic mass is 10.7. The summed E-state index contributed by atoms with van der Waals surface area (Å²) < 4.78 is 0. The van der Waals surface area contributed by atoms with Gasteiger partial charge in [0.15, 0.2) is 0 Å². The SMILES string of the molecule is O=CN(O)CCP. The van der Waals surface area contributed by atoms with Gasteiger partial charge in [-0.3, -0.25) is 10.0 Å². The van der Waals surface area contributed by atoms with Gasteiger partial charge in [0.2, 0.25) is 6.41 Å². The standard InChI is InChI=1S/C3H8NO2P/c5-3-4(6)1-2-7/h3,6H,1-2,7H2. The number of rotatable bonds is 3. The normalized spacial score (nSPS) is 8.29. The first-order chi connectivity index (χ1) is 3.31. The molecule has 0 saturated heterocycles. The zero-order valence-electron chi connectivity index (χ0n) is 3.87. The van der Waals surface area contributed by atoms with E-state index in [0.717, 1.165) is 0 Å². The highest BCUT2D eigenvalue weighted by Gasteiger charge is 1.87. The van der Waals surface area contributed by atoms with Crippen LogP contribution in [-0.2, 0) is 4.79 Å². The van der Waals surface area contributed by atoms with Crippen molar-refractivity contribution >= 4 is 15.6 Å². The minimum atomic E-state index is 0.379. The van der Waals surface area contributed by atoms with Gasteiger partial charge in [-0.15, -0.1) is 9.24 Å². The molecule has 0 heterocycles. The van der Waals surface area contributed by atoms with Crippen LogP contribution in [0, 0.1) is 0 Å². The van der Waals surface area contributed by atoms with Crippen molar-refractivity contribution in [2.24, 2.45) is 0 Å². The van der Waals surface area contributed by atoms with E-state index in [1.807, 2.05) is 0 Å². The third-order valence-corrected chi connectivity index (χ3v) is 0.738. The molecule has 1 amide bonds. The number of nitrogens with zero attached hydrogens (tertiary/aromatic N) is 1. The molecule has 0 spiro atoms. The fraction of sp³-hybridized carbons (Fsp3) is 0.667. The zero-order chi connectivity index (χ0) is 5.70. The molecule has 0 aromatic carbocycles. The Balaban J connectivity index is 2.98. The Morgan fingerprint density at radius 3 is 2.57 bits per heavy atom. The number of hydrogen-bond donors (Lipinski definition) is 1. The number of amides is 1. The Bertz CT molecular complexity index is 58.9. The van der Waals surface area contributed by atoms with Crippen LogP contribution in [0.15, 0.2) is 0 Å². The fourth-order valence-corrected chi connectivity index (χ4v) is 0.450. The lowest BCUT2D eigenvalue weighted by Gasteiger charge is -2.02. The molecular formula is C3H8NO2P. The summed E-state index contributed by atoms with van der Waals surface area (Å²) in [6, 6.07) is 0. The van der Waals surface area contributed by atoms with Crippen molar-refractivity contribution in [1.29, 1.82) is 0 Å². The van der Waals surface area contributed by atoms with Crippen LogP contribution in [0.1, 0.15) is 0 Å². The Labute approximate surface area is 44.5 Å². The minimum absolute atomic E-state index is 0.379. The van der Waals surface area contributed by atoms with Gasteiger partial charge in [-0.2, -0.15) is 0 Å². The number of carbonyl (C=O) groups is 1. The lowest BCUT2D eigenvalue weighted by molar-refractivity contribution is -0.148. The Morgan fingerprint density at radius 1 is 1.86 bits per heavy atom. The molecule has 0 bridgehead atoms. The van der Waals surface area contributed by atoms with Crippen molar-refractivity contribution in [2.45, 2.75) is 0 Å². The average molecular weight is 121 g/mol. The molecule has 0 aromatic rings. The van der Waals surface area contributed by atoms with Crippen LogP contribution in [0.5, 0.6) is 0 Å². The van der Waals surface area contributed by atoms with Crippen molar-refractivity contribution in [1.82, 2.24) is 5.06 Å². The molecule has 42 valence electrons. The molecule has 3 nitrogen and oxygen atoms in total. The summed E-state index contributed by atoms with van der Waals surface area (Å²) in [6.45, 7) is 0.383. The summed E-state index contributed by atoms with van der Waals surface area (Å²) in [5.41, 5.74) is 0. The summed E-state index contributed by atoms with van der Waals surface area (Å²) in [5, 5.41) is 8.91. The van der Waals surface area contributed by atoms with E-state index in [4.69, 9.17) is 5.21 Å². The molecule has 7 heavy (non-hydrogen) atoms. The second-order valence-electron chi connectivity index (χ2n) is 1.06. The lowest BCUT2D eigenvalue weighted by Crippen LogP contribution is -2.18. The molecule has 1 unspecified atom stereocenters. The second kappa shape index (κ2) is 4.03. The fourth-order valence-electron chi connectivity index (χ4n) is 0.185. The number of carbonyl (C=O) groups excluding carboxylic acids is 1. The molecule has 1 N–H and O–H groups in total. The molecule has 0 saturated carbocycles. The van der Waals surface area contributed by atoms with Crippen LogP contribution in [-0.4, -0.2) is 29.4 Å². The summed E-state index contributed by atoms with van der Waals surface area (Å²) in [6.07, 6.45) is 1.08. The van der Waals surface area contributed by atoms with Crippen molar-refractivity contribution in [3.63, 3.8) is 0 Å². The quantitative estimate of drug-likeness (QED) is 0.241. The van der Waals surface area contributed by atoms with E-state index in [9.17, 15) is 4.79 Å². The Morgan fingerprint density at radius 2 is 2.43 bits per heavy atom. The van der Waals surface area contributed by atoms with E-state index in [1.54, 1.807) is 0 Å². The molecule has 0 aromatic heterocycles. The van der Waals surface area contributed by atoms with Crippen LogP contribution in [0.4, 0.5) is 0 Å². The van der Waals surface area contributed by atoms with Gasteiger partial charge < -0.3 is 0 Å². The molecule has 0 fully saturated rings. The highest BCUT2D eigenvalue weighted by Crippen LogP contribution is 1.80. The Hall–Kier alpha value is -0.140. The van der Waals surface area contributed by atoms with Gasteiger partial charge in [-0.25, -0.2) is 5.06 Å². The maximum absolute atomic E-state index is 9.56. The van der Waals surface area contributed by atoms with Crippen LogP contribution in [0.2, 0.25) is 0 Å². The topological polar surface area (TPSA) is 40.5 Å². The average Bonchev–Trinajstić information content (AvgIpc) is 1.68.